The van der Waals surface area contributed by atoms with Crippen LogP contribution in [0.3, 0.4) is 0 Å². The van der Waals surface area contributed by atoms with Gasteiger partial charge in [0.1, 0.15) is 5.56 Å². The molecule has 0 bridgehead atoms. The SMILES string of the molecule is FC1(F)CCCN(c2cc(C(F)(F)F)c(N[C@H]3C[C@@H]4CN(CC5CCOCC5)C[C@@H]4C3)nn2)C1. The largest absolute Gasteiger partial charge is 0.420 e. The van der Waals surface area contributed by atoms with Crippen LogP contribution in [0.15, 0.2) is 6.07 Å². The molecule has 4 heterocycles. The van der Waals surface area contributed by atoms with E-state index in [1.165, 1.54) is 4.90 Å². The Morgan fingerprint density at radius 1 is 1.09 bits per heavy atom. The van der Waals surface area contributed by atoms with Crippen LogP contribution >= 0.6 is 0 Å². The Labute approximate surface area is 196 Å². The van der Waals surface area contributed by atoms with Gasteiger partial charge in [-0.2, -0.15) is 13.2 Å². The van der Waals surface area contributed by atoms with Crippen molar-refractivity contribution in [2.24, 2.45) is 17.8 Å². The minimum Gasteiger partial charge on any atom is -0.381 e. The van der Waals surface area contributed by atoms with Gasteiger partial charge in [0.2, 0.25) is 0 Å². The quantitative estimate of drug-likeness (QED) is 0.624. The van der Waals surface area contributed by atoms with Gasteiger partial charge in [-0.3, -0.25) is 0 Å². The lowest BCUT2D eigenvalue weighted by Gasteiger charge is -2.33. The third kappa shape index (κ3) is 5.40. The summed E-state index contributed by atoms with van der Waals surface area (Å²) in [5.41, 5.74) is -0.940. The number of anilines is 2. The number of alkyl halides is 5. The number of nitrogens with one attached hydrogen (secondary N) is 1. The molecule has 34 heavy (non-hydrogen) atoms. The third-order valence-corrected chi connectivity index (χ3v) is 7.83. The summed E-state index contributed by atoms with van der Waals surface area (Å²) >= 11 is 0. The normalized spacial score (nSPS) is 30.5. The number of hydrogen-bond donors (Lipinski definition) is 1. The second-order valence-electron chi connectivity index (χ2n) is 10.5. The Morgan fingerprint density at radius 3 is 2.44 bits per heavy atom. The number of likely N-dealkylation sites (tertiary alicyclic amines) is 1. The van der Waals surface area contributed by atoms with Crippen LogP contribution in [0.1, 0.15) is 44.1 Å². The number of halogens is 5. The molecular formula is C23H32F5N5O. The molecule has 1 aliphatic carbocycles. The highest BCUT2D eigenvalue weighted by atomic mass is 19.4. The first-order chi connectivity index (χ1) is 16.2. The van der Waals surface area contributed by atoms with E-state index in [0.717, 1.165) is 64.6 Å². The van der Waals surface area contributed by atoms with Crippen LogP contribution in [0, 0.1) is 17.8 Å². The van der Waals surface area contributed by atoms with Gasteiger partial charge >= 0.3 is 6.18 Å². The molecule has 0 spiro atoms. The molecule has 190 valence electrons. The van der Waals surface area contributed by atoms with Crippen molar-refractivity contribution in [3.8, 4) is 0 Å². The minimum absolute atomic E-state index is 0.0965. The maximum Gasteiger partial charge on any atom is 0.420 e. The molecule has 3 atom stereocenters. The number of nitrogens with zero attached hydrogens (tertiary/aromatic N) is 4. The fourth-order valence-corrected chi connectivity index (χ4v) is 6.17. The molecule has 1 N–H and O–H groups in total. The Kier molecular flexibility index (Phi) is 6.60. The molecule has 1 aromatic rings. The van der Waals surface area contributed by atoms with Crippen LogP contribution in [0.5, 0.6) is 0 Å². The fraction of sp³-hybridized carbons (Fsp3) is 0.826. The van der Waals surface area contributed by atoms with Gasteiger partial charge in [0.15, 0.2) is 11.6 Å². The Hall–Kier alpha value is -1.75. The number of hydrogen-bond acceptors (Lipinski definition) is 6. The van der Waals surface area contributed by atoms with Gasteiger partial charge in [-0.15, -0.1) is 10.2 Å². The Morgan fingerprint density at radius 2 is 1.79 bits per heavy atom. The van der Waals surface area contributed by atoms with E-state index < -0.39 is 24.2 Å². The maximum atomic E-state index is 13.8. The highest BCUT2D eigenvalue weighted by Crippen LogP contribution is 2.42. The summed E-state index contributed by atoms with van der Waals surface area (Å²) in [7, 11) is 0. The van der Waals surface area contributed by atoms with Crippen LogP contribution in [0.2, 0.25) is 0 Å². The van der Waals surface area contributed by atoms with E-state index in [1.54, 1.807) is 0 Å². The van der Waals surface area contributed by atoms with E-state index >= 15 is 0 Å². The Bertz CT molecular complexity index is 849. The first-order valence-corrected chi connectivity index (χ1v) is 12.3. The zero-order valence-electron chi connectivity index (χ0n) is 19.2. The van der Waals surface area contributed by atoms with Crippen LogP contribution in [-0.4, -0.2) is 73.0 Å². The topological polar surface area (TPSA) is 53.5 Å². The molecule has 3 aliphatic heterocycles. The van der Waals surface area contributed by atoms with Gasteiger partial charge in [-0.05, 0) is 55.9 Å². The van der Waals surface area contributed by atoms with E-state index in [4.69, 9.17) is 4.74 Å². The van der Waals surface area contributed by atoms with Crippen molar-refractivity contribution in [3.05, 3.63) is 11.6 Å². The van der Waals surface area contributed by atoms with Gasteiger partial charge in [0, 0.05) is 51.9 Å². The average Bonchev–Trinajstić information content (AvgIpc) is 3.31. The summed E-state index contributed by atoms with van der Waals surface area (Å²) in [6.07, 6.45) is -0.923. The maximum absolute atomic E-state index is 13.8. The number of ether oxygens (including phenoxy) is 1. The molecule has 4 aliphatic rings. The second kappa shape index (κ2) is 9.37. The first-order valence-electron chi connectivity index (χ1n) is 12.3. The van der Waals surface area contributed by atoms with Gasteiger partial charge < -0.3 is 19.9 Å². The summed E-state index contributed by atoms with van der Waals surface area (Å²) in [4.78, 5) is 3.70. The van der Waals surface area contributed by atoms with E-state index in [0.29, 0.717) is 17.8 Å². The van der Waals surface area contributed by atoms with E-state index in [2.05, 4.69) is 20.4 Å². The number of aromatic nitrogens is 2. The summed E-state index contributed by atoms with van der Waals surface area (Å²) in [5.74, 6) is -1.78. The summed E-state index contributed by atoms with van der Waals surface area (Å²) < 4.78 is 74.5. The van der Waals surface area contributed by atoms with Crippen LogP contribution in [-0.2, 0) is 10.9 Å². The Balaban J connectivity index is 1.22. The zero-order valence-corrected chi connectivity index (χ0v) is 19.2. The second-order valence-corrected chi connectivity index (χ2v) is 10.5. The van der Waals surface area contributed by atoms with E-state index in [9.17, 15) is 22.0 Å². The lowest BCUT2D eigenvalue weighted by molar-refractivity contribution is -0.137. The molecule has 0 radical (unpaired) electrons. The minimum atomic E-state index is -4.65. The van der Waals surface area contributed by atoms with Crippen molar-refractivity contribution in [2.45, 2.75) is 56.7 Å². The molecule has 1 aromatic heterocycles. The smallest absolute Gasteiger partial charge is 0.381 e. The van der Waals surface area contributed by atoms with Gasteiger partial charge in [0.05, 0.1) is 6.54 Å². The van der Waals surface area contributed by atoms with Crippen molar-refractivity contribution >= 4 is 11.6 Å². The van der Waals surface area contributed by atoms with Crippen molar-refractivity contribution in [3.63, 3.8) is 0 Å². The molecule has 11 heteroatoms. The number of piperidine rings is 1. The number of fused-ring (bicyclic) bond motifs is 1. The van der Waals surface area contributed by atoms with Gasteiger partial charge in [-0.1, -0.05) is 0 Å². The summed E-state index contributed by atoms with van der Waals surface area (Å²) in [6, 6.07) is 0.767. The predicted molar refractivity (Wildman–Crippen MR) is 117 cm³/mol. The monoisotopic (exact) mass is 489 g/mol. The highest BCUT2D eigenvalue weighted by molar-refractivity contribution is 5.53. The van der Waals surface area contributed by atoms with Crippen molar-refractivity contribution in [1.82, 2.24) is 15.1 Å². The average molecular weight is 490 g/mol. The molecule has 1 saturated carbocycles. The standard InChI is InChI=1S/C23H32F5N5O/c24-22(25)4-1-5-33(14-22)20-10-19(23(26,27)28)21(31-30-20)29-18-8-16-12-32(13-17(16)9-18)11-15-2-6-34-7-3-15/h10,15-18H,1-9,11-14H2,(H,29,31)/t16-,17+,18+. The summed E-state index contributed by atoms with van der Waals surface area (Å²) in [6.45, 7) is 4.32. The first kappa shape index (κ1) is 24.0. The molecule has 0 amide bonds. The lowest BCUT2D eigenvalue weighted by atomic mass is 10.00. The van der Waals surface area contributed by atoms with Crippen LogP contribution < -0.4 is 10.2 Å². The molecular weight excluding hydrogens is 457 g/mol. The van der Waals surface area contributed by atoms with Crippen molar-refractivity contribution in [2.75, 3.05) is 56.2 Å². The van der Waals surface area contributed by atoms with Gasteiger partial charge in [-0.25, -0.2) is 8.78 Å². The molecule has 0 aromatic carbocycles. The van der Waals surface area contributed by atoms with Crippen molar-refractivity contribution < 1.29 is 26.7 Å². The fourth-order valence-electron chi connectivity index (χ4n) is 6.17. The molecule has 3 saturated heterocycles. The van der Waals surface area contributed by atoms with Gasteiger partial charge in [0.25, 0.3) is 5.92 Å². The third-order valence-electron chi connectivity index (χ3n) is 7.83. The van der Waals surface area contributed by atoms with Crippen LogP contribution in [0.25, 0.3) is 0 Å². The highest BCUT2D eigenvalue weighted by Gasteiger charge is 2.43. The lowest BCUT2D eigenvalue weighted by Crippen LogP contribution is -2.43. The molecule has 5 rings (SSSR count). The molecule has 0 unspecified atom stereocenters. The zero-order chi connectivity index (χ0) is 23.9. The predicted octanol–water partition coefficient (Wildman–Crippen LogP) is 4.28. The van der Waals surface area contributed by atoms with Crippen LogP contribution in [0.4, 0.5) is 33.6 Å². The summed E-state index contributed by atoms with van der Waals surface area (Å²) in [5, 5.41) is 10.7. The van der Waals surface area contributed by atoms with E-state index in [-0.39, 0.29) is 37.1 Å². The van der Waals surface area contributed by atoms with E-state index in [1.807, 2.05) is 0 Å². The molecule has 4 fully saturated rings. The van der Waals surface area contributed by atoms with Crippen molar-refractivity contribution in [1.29, 1.82) is 0 Å². The number of rotatable bonds is 5. The molecule has 6 nitrogen and oxygen atoms in total.